The maximum atomic E-state index is 2.52. The fourth-order valence-electron chi connectivity index (χ4n) is 12.8. The van der Waals surface area contributed by atoms with E-state index in [1.807, 2.05) is 0 Å². The summed E-state index contributed by atoms with van der Waals surface area (Å²) in [6.45, 7) is 0. The van der Waals surface area contributed by atoms with E-state index in [9.17, 15) is 0 Å². The van der Waals surface area contributed by atoms with Crippen molar-refractivity contribution in [1.82, 2.24) is 0 Å². The third-order valence-corrected chi connectivity index (χ3v) is 16.4. The zero-order chi connectivity index (χ0) is 52.3. The van der Waals surface area contributed by atoms with Gasteiger partial charge in [0.15, 0.2) is 0 Å². The number of rotatable bonds is 10. The molecule has 1 spiro atoms. The summed E-state index contributed by atoms with van der Waals surface area (Å²) in [6, 6.07) is 116. The first-order valence-electron chi connectivity index (χ1n) is 27.3. The second-order valence-corrected chi connectivity index (χ2v) is 20.8. The van der Waals surface area contributed by atoms with Gasteiger partial charge in [-0.1, -0.05) is 231 Å². The summed E-state index contributed by atoms with van der Waals surface area (Å²) in [4.78, 5) is 4.89. The maximum Gasteiger partial charge on any atom is 0.0726 e. The lowest BCUT2D eigenvalue weighted by atomic mass is 9.70. The SMILES string of the molecule is c1ccc(-c2cccc(N(c3cccc(-c4ccccc4)c3)c3ccc4c(c3)C3(c5ccccc5-c5ccccc53)c3cc5cc(N(c6cccc(-c7ccccc7)c6)c6cccc(-c7ccccc7)c6)ccc5cc3-4)c2)cc1. The topological polar surface area (TPSA) is 6.48 Å². The Morgan fingerprint density at radius 3 is 0.937 bits per heavy atom. The molecule has 2 heteroatoms. The highest BCUT2D eigenvalue weighted by Crippen LogP contribution is 2.64. The molecule has 0 N–H and O–H groups in total. The summed E-state index contributed by atoms with van der Waals surface area (Å²) in [5.74, 6) is 0. The Labute approximate surface area is 462 Å². The Morgan fingerprint density at radius 2 is 0.506 bits per heavy atom. The Hall–Kier alpha value is -10.3. The molecule has 0 aromatic heterocycles. The van der Waals surface area contributed by atoms with Gasteiger partial charge in [-0.2, -0.15) is 0 Å². The molecule has 79 heavy (non-hydrogen) atoms. The first-order chi connectivity index (χ1) is 39.2. The largest absolute Gasteiger partial charge is 0.310 e. The van der Waals surface area contributed by atoms with Gasteiger partial charge in [-0.3, -0.25) is 0 Å². The van der Waals surface area contributed by atoms with Crippen LogP contribution in [0.4, 0.5) is 34.1 Å². The molecule has 370 valence electrons. The number of anilines is 6. The van der Waals surface area contributed by atoms with Crippen LogP contribution in [0.2, 0.25) is 0 Å². The number of fused-ring (bicyclic) bond motifs is 11. The Morgan fingerprint density at radius 1 is 0.177 bits per heavy atom. The highest BCUT2D eigenvalue weighted by Gasteiger charge is 2.52. The molecule has 0 saturated heterocycles. The summed E-state index contributed by atoms with van der Waals surface area (Å²) in [6.07, 6.45) is 0. The lowest BCUT2D eigenvalue weighted by Crippen LogP contribution is -2.26. The molecular weight excluding hydrogens is 953 g/mol. The van der Waals surface area contributed by atoms with Gasteiger partial charge in [0.25, 0.3) is 0 Å². The van der Waals surface area contributed by atoms with Crippen molar-refractivity contribution in [3.8, 4) is 66.8 Å². The second kappa shape index (κ2) is 19.1. The average Bonchev–Trinajstić information content (AvgIpc) is 3.26. The Balaban J connectivity index is 0.941. The van der Waals surface area contributed by atoms with Crippen LogP contribution in [0.1, 0.15) is 22.3 Å². The van der Waals surface area contributed by atoms with E-state index in [4.69, 9.17) is 0 Å². The van der Waals surface area contributed by atoms with Crippen LogP contribution in [-0.4, -0.2) is 0 Å². The number of nitrogens with zero attached hydrogens (tertiary/aromatic N) is 2. The van der Waals surface area contributed by atoms with E-state index in [0.717, 1.165) is 34.1 Å². The lowest BCUT2D eigenvalue weighted by Gasteiger charge is -2.32. The average molecular weight is 1010 g/mol. The molecule has 13 aromatic rings. The van der Waals surface area contributed by atoms with Crippen LogP contribution in [0.15, 0.2) is 315 Å². The predicted molar refractivity (Wildman–Crippen MR) is 331 cm³/mol. The minimum Gasteiger partial charge on any atom is -0.310 e. The van der Waals surface area contributed by atoms with E-state index in [-0.39, 0.29) is 0 Å². The van der Waals surface area contributed by atoms with Gasteiger partial charge in [0, 0.05) is 34.1 Å². The van der Waals surface area contributed by atoms with E-state index < -0.39 is 5.41 Å². The molecule has 0 saturated carbocycles. The molecule has 13 aromatic carbocycles. The van der Waals surface area contributed by atoms with Crippen LogP contribution in [0, 0.1) is 0 Å². The fraction of sp³-hybridized carbons (Fsp3) is 0.0130. The molecule has 0 fully saturated rings. The first-order valence-corrected chi connectivity index (χ1v) is 27.3. The maximum absolute atomic E-state index is 2.52. The van der Waals surface area contributed by atoms with E-state index in [1.54, 1.807) is 0 Å². The van der Waals surface area contributed by atoms with Crippen molar-refractivity contribution >= 4 is 44.9 Å². The van der Waals surface area contributed by atoms with Crippen molar-refractivity contribution in [3.63, 3.8) is 0 Å². The molecule has 0 unspecified atom stereocenters. The van der Waals surface area contributed by atoms with Crippen molar-refractivity contribution in [3.05, 3.63) is 338 Å². The van der Waals surface area contributed by atoms with Gasteiger partial charge in [-0.15, -0.1) is 0 Å². The van der Waals surface area contributed by atoms with Crippen LogP contribution < -0.4 is 9.80 Å². The summed E-state index contributed by atoms with van der Waals surface area (Å²) >= 11 is 0. The van der Waals surface area contributed by atoms with E-state index >= 15 is 0 Å². The molecule has 0 radical (unpaired) electrons. The van der Waals surface area contributed by atoms with Gasteiger partial charge in [0.2, 0.25) is 0 Å². The standard InChI is InChI=1S/C77H52N2/c1-5-21-53(22-6-1)57-29-17-33-63(45-57)78(64-34-18-30-58(46-64)54-23-7-2-8-24-54)67-42-41-61-50-72-71-44-43-68(52-76(71)77(75(72)51-62(61)49-67)73-39-15-13-37-69(73)70-38-14-16-40-74(70)77)79(65-35-19-31-59(47-65)55-25-9-3-10-26-55)66-36-20-32-60(48-66)56-27-11-4-12-28-56/h1-52H. The summed E-state index contributed by atoms with van der Waals surface area (Å²) < 4.78 is 0. The molecule has 15 rings (SSSR count). The van der Waals surface area contributed by atoms with Gasteiger partial charge in [-0.05, 0) is 185 Å². The van der Waals surface area contributed by atoms with Crippen molar-refractivity contribution in [2.75, 3.05) is 9.80 Å². The third kappa shape index (κ3) is 7.79. The monoisotopic (exact) mass is 1000 g/mol. The molecule has 2 nitrogen and oxygen atoms in total. The molecule has 2 aliphatic rings. The van der Waals surface area contributed by atoms with Gasteiger partial charge >= 0.3 is 0 Å². The van der Waals surface area contributed by atoms with E-state index in [2.05, 4.69) is 325 Å². The van der Waals surface area contributed by atoms with Gasteiger partial charge in [0.1, 0.15) is 0 Å². The van der Waals surface area contributed by atoms with Gasteiger partial charge in [0.05, 0.1) is 5.41 Å². The van der Waals surface area contributed by atoms with Crippen molar-refractivity contribution in [2.45, 2.75) is 5.41 Å². The predicted octanol–water partition coefficient (Wildman–Crippen LogP) is 20.8. The highest BCUT2D eigenvalue weighted by atomic mass is 15.1. The zero-order valence-electron chi connectivity index (χ0n) is 43.4. The number of hydrogen-bond donors (Lipinski definition) is 0. The molecule has 0 atom stereocenters. The molecule has 0 bridgehead atoms. The van der Waals surface area contributed by atoms with Crippen LogP contribution in [0.3, 0.4) is 0 Å². The molecule has 0 heterocycles. The highest BCUT2D eigenvalue weighted by molar-refractivity contribution is 6.02. The Bertz CT molecular complexity index is 4220. The molecule has 0 aliphatic heterocycles. The number of hydrogen-bond acceptors (Lipinski definition) is 2. The fourth-order valence-corrected chi connectivity index (χ4v) is 12.8. The third-order valence-electron chi connectivity index (χ3n) is 16.4. The normalized spacial score (nSPS) is 12.4. The quantitative estimate of drug-likeness (QED) is 0.135. The minimum absolute atomic E-state index is 0.602. The molecule has 0 amide bonds. The van der Waals surface area contributed by atoms with Gasteiger partial charge < -0.3 is 9.80 Å². The zero-order valence-corrected chi connectivity index (χ0v) is 43.4. The lowest BCUT2D eigenvalue weighted by molar-refractivity contribution is 0.795. The smallest absolute Gasteiger partial charge is 0.0726 e. The van der Waals surface area contributed by atoms with Crippen LogP contribution in [-0.2, 0) is 5.41 Å². The summed E-state index contributed by atoms with van der Waals surface area (Å²) in [5.41, 5.74) is 25.7. The minimum atomic E-state index is -0.602. The van der Waals surface area contributed by atoms with Crippen molar-refractivity contribution in [1.29, 1.82) is 0 Å². The van der Waals surface area contributed by atoms with Crippen LogP contribution >= 0.6 is 0 Å². The second-order valence-electron chi connectivity index (χ2n) is 20.8. The summed E-state index contributed by atoms with van der Waals surface area (Å²) in [5, 5.41) is 2.38. The van der Waals surface area contributed by atoms with Crippen LogP contribution in [0.5, 0.6) is 0 Å². The molecular formula is C77H52N2. The Kier molecular flexibility index (Phi) is 11.1. The number of benzene rings is 13. The van der Waals surface area contributed by atoms with E-state index in [1.165, 1.54) is 99.8 Å². The first kappa shape index (κ1) is 46.1. The van der Waals surface area contributed by atoms with Crippen LogP contribution in [0.25, 0.3) is 77.5 Å². The van der Waals surface area contributed by atoms with E-state index in [0.29, 0.717) is 0 Å². The van der Waals surface area contributed by atoms with Crippen molar-refractivity contribution < 1.29 is 0 Å². The van der Waals surface area contributed by atoms with Crippen molar-refractivity contribution in [2.24, 2.45) is 0 Å². The molecule has 2 aliphatic carbocycles. The van der Waals surface area contributed by atoms with Gasteiger partial charge in [-0.25, -0.2) is 0 Å². The summed E-state index contributed by atoms with van der Waals surface area (Å²) in [7, 11) is 0.